The van der Waals surface area contributed by atoms with E-state index in [0.717, 1.165) is 36.9 Å². The van der Waals surface area contributed by atoms with Crippen LogP contribution in [0.15, 0.2) is 48.5 Å². The average Bonchev–Trinajstić information content (AvgIpc) is 2.99. The maximum Gasteiger partial charge on any atom is 0.171 e. The summed E-state index contributed by atoms with van der Waals surface area (Å²) in [4.78, 5) is 2.48. The molecule has 0 amide bonds. The lowest BCUT2D eigenvalue weighted by Gasteiger charge is -2.19. The Balaban J connectivity index is 1.50. The zero-order valence-electron chi connectivity index (χ0n) is 14.4. The molecule has 0 aliphatic carbocycles. The van der Waals surface area contributed by atoms with Crippen molar-refractivity contribution in [1.29, 1.82) is 0 Å². The van der Waals surface area contributed by atoms with Crippen LogP contribution in [0, 0.1) is 13.8 Å². The van der Waals surface area contributed by atoms with E-state index in [1.165, 1.54) is 16.7 Å². The van der Waals surface area contributed by atoms with Gasteiger partial charge in [0.15, 0.2) is 5.11 Å². The Bertz CT molecular complexity index is 699. The van der Waals surface area contributed by atoms with Crippen molar-refractivity contribution in [3.05, 3.63) is 65.2 Å². The predicted molar refractivity (Wildman–Crippen MR) is 105 cm³/mol. The second kappa shape index (κ2) is 7.77. The number of hydrogen-bond acceptors (Lipinski definition) is 2. The van der Waals surface area contributed by atoms with Gasteiger partial charge in [-0.3, -0.25) is 4.90 Å². The molecule has 0 spiro atoms. The van der Waals surface area contributed by atoms with E-state index < -0.39 is 0 Å². The van der Waals surface area contributed by atoms with E-state index in [2.05, 4.69) is 77.9 Å². The summed E-state index contributed by atoms with van der Waals surface area (Å²) >= 11 is 5.50. The van der Waals surface area contributed by atoms with Gasteiger partial charge in [-0.2, -0.15) is 0 Å². The van der Waals surface area contributed by atoms with Gasteiger partial charge in [-0.15, -0.1) is 0 Å². The molecule has 2 aromatic carbocycles. The first-order valence-corrected chi connectivity index (χ1v) is 8.92. The maximum absolute atomic E-state index is 5.50. The number of hydrogen-bond donors (Lipinski definition) is 2. The monoisotopic (exact) mass is 339 g/mol. The molecular weight excluding hydrogens is 314 g/mol. The summed E-state index contributed by atoms with van der Waals surface area (Å²) in [6.45, 7) is 7.39. The highest BCUT2D eigenvalue weighted by Gasteiger charge is 2.23. The van der Waals surface area contributed by atoms with Gasteiger partial charge in [0.1, 0.15) is 0 Å². The van der Waals surface area contributed by atoms with Gasteiger partial charge >= 0.3 is 0 Å². The third-order valence-corrected chi connectivity index (χ3v) is 4.93. The number of nitrogens with one attached hydrogen (secondary N) is 2. The van der Waals surface area contributed by atoms with E-state index in [9.17, 15) is 0 Å². The molecule has 3 nitrogen and oxygen atoms in total. The van der Waals surface area contributed by atoms with Crippen LogP contribution in [0.4, 0.5) is 5.69 Å². The summed E-state index contributed by atoms with van der Waals surface area (Å²) in [5, 5.41) is 7.53. The number of anilines is 1. The van der Waals surface area contributed by atoms with Crippen molar-refractivity contribution in [3.8, 4) is 0 Å². The average molecular weight is 340 g/mol. The Hall–Kier alpha value is -1.91. The van der Waals surface area contributed by atoms with Gasteiger partial charge in [0.25, 0.3) is 0 Å². The van der Waals surface area contributed by atoms with Gasteiger partial charge in [0.2, 0.25) is 0 Å². The molecule has 1 aliphatic rings. The van der Waals surface area contributed by atoms with Crippen molar-refractivity contribution in [2.24, 2.45) is 0 Å². The zero-order chi connectivity index (χ0) is 16.9. The van der Waals surface area contributed by atoms with E-state index >= 15 is 0 Å². The van der Waals surface area contributed by atoms with Crippen LogP contribution < -0.4 is 10.6 Å². The fraction of sp³-hybridized carbons (Fsp3) is 0.350. The van der Waals surface area contributed by atoms with Crippen LogP contribution in [0.25, 0.3) is 0 Å². The highest BCUT2D eigenvalue weighted by Crippen LogP contribution is 2.18. The van der Waals surface area contributed by atoms with Crippen LogP contribution in [0.2, 0.25) is 0 Å². The molecule has 1 heterocycles. The standard InChI is InChI=1S/C20H25N3S/c1-15-7-6-10-19(16(15)2)22-20(24)21-18-11-12-23(14-18)13-17-8-4-3-5-9-17/h3-10,18H,11-14H2,1-2H3,(H2,21,22,24)/t18-/m1/s1. The second-order valence-corrected chi connectivity index (χ2v) is 6.96. The molecule has 1 saturated heterocycles. The molecule has 0 radical (unpaired) electrons. The number of aryl methyl sites for hydroxylation is 1. The van der Waals surface area contributed by atoms with Gasteiger partial charge in [0.05, 0.1) is 0 Å². The van der Waals surface area contributed by atoms with E-state index in [-0.39, 0.29) is 0 Å². The third kappa shape index (κ3) is 4.34. The van der Waals surface area contributed by atoms with Crippen molar-refractivity contribution in [3.63, 3.8) is 0 Å². The molecule has 0 unspecified atom stereocenters. The van der Waals surface area contributed by atoms with Crippen molar-refractivity contribution in [2.75, 3.05) is 18.4 Å². The Morgan fingerprint density at radius 1 is 1.12 bits per heavy atom. The zero-order valence-corrected chi connectivity index (χ0v) is 15.2. The van der Waals surface area contributed by atoms with Gasteiger partial charge in [-0.25, -0.2) is 0 Å². The fourth-order valence-corrected chi connectivity index (χ4v) is 3.44. The number of rotatable bonds is 4. The van der Waals surface area contributed by atoms with Crippen molar-refractivity contribution < 1.29 is 0 Å². The molecule has 2 aromatic rings. The first-order valence-electron chi connectivity index (χ1n) is 8.52. The molecule has 0 bridgehead atoms. The summed E-state index contributed by atoms with van der Waals surface area (Å²) in [7, 11) is 0. The van der Waals surface area contributed by atoms with Crippen LogP contribution in [0.1, 0.15) is 23.1 Å². The largest absolute Gasteiger partial charge is 0.358 e. The highest BCUT2D eigenvalue weighted by atomic mass is 32.1. The Morgan fingerprint density at radius 3 is 2.71 bits per heavy atom. The van der Waals surface area contributed by atoms with Crippen LogP contribution in [-0.4, -0.2) is 29.1 Å². The minimum Gasteiger partial charge on any atom is -0.358 e. The highest BCUT2D eigenvalue weighted by molar-refractivity contribution is 7.80. The van der Waals surface area contributed by atoms with Crippen LogP contribution in [0.3, 0.4) is 0 Å². The molecule has 0 aromatic heterocycles. The summed E-state index contributed by atoms with van der Waals surface area (Å²) < 4.78 is 0. The Kier molecular flexibility index (Phi) is 5.48. The molecule has 24 heavy (non-hydrogen) atoms. The first kappa shape index (κ1) is 16.9. The number of nitrogens with zero attached hydrogens (tertiary/aromatic N) is 1. The van der Waals surface area contributed by atoms with Gasteiger partial charge in [-0.05, 0) is 55.2 Å². The van der Waals surface area contributed by atoms with E-state index in [0.29, 0.717) is 6.04 Å². The van der Waals surface area contributed by atoms with Crippen molar-refractivity contribution >= 4 is 23.0 Å². The molecule has 0 saturated carbocycles. The Morgan fingerprint density at radius 2 is 1.92 bits per heavy atom. The van der Waals surface area contributed by atoms with E-state index in [1.807, 2.05) is 0 Å². The van der Waals surface area contributed by atoms with Gasteiger partial charge in [-0.1, -0.05) is 42.5 Å². The molecule has 3 rings (SSSR count). The summed E-state index contributed by atoms with van der Waals surface area (Å²) in [6.07, 6.45) is 1.13. The van der Waals surface area contributed by atoms with Crippen LogP contribution in [-0.2, 0) is 6.54 Å². The van der Waals surface area contributed by atoms with Crippen LogP contribution in [0.5, 0.6) is 0 Å². The van der Waals surface area contributed by atoms with Gasteiger partial charge in [0, 0.05) is 31.4 Å². The van der Waals surface area contributed by atoms with E-state index in [1.54, 1.807) is 0 Å². The van der Waals surface area contributed by atoms with Gasteiger partial charge < -0.3 is 10.6 Å². The number of thiocarbonyl (C=S) groups is 1. The first-order chi connectivity index (χ1) is 11.6. The van der Waals surface area contributed by atoms with Crippen molar-refractivity contribution in [2.45, 2.75) is 32.9 Å². The lowest BCUT2D eigenvalue weighted by molar-refractivity contribution is 0.324. The quantitative estimate of drug-likeness (QED) is 0.827. The second-order valence-electron chi connectivity index (χ2n) is 6.55. The molecule has 2 N–H and O–H groups in total. The maximum atomic E-state index is 5.50. The van der Waals surface area contributed by atoms with Crippen molar-refractivity contribution in [1.82, 2.24) is 10.2 Å². The molecule has 1 fully saturated rings. The predicted octanol–water partition coefficient (Wildman–Crippen LogP) is 3.86. The smallest absolute Gasteiger partial charge is 0.171 e. The summed E-state index contributed by atoms with van der Waals surface area (Å²) in [5.74, 6) is 0. The summed E-state index contributed by atoms with van der Waals surface area (Å²) in [6, 6.07) is 17.3. The lowest BCUT2D eigenvalue weighted by Crippen LogP contribution is -2.39. The minimum atomic E-state index is 0.416. The minimum absolute atomic E-state index is 0.416. The lowest BCUT2D eigenvalue weighted by atomic mass is 10.1. The summed E-state index contributed by atoms with van der Waals surface area (Å²) in [5.41, 5.74) is 4.98. The number of benzene rings is 2. The molecule has 4 heteroatoms. The number of likely N-dealkylation sites (tertiary alicyclic amines) is 1. The normalized spacial score (nSPS) is 17.7. The molecule has 1 atom stereocenters. The molecule has 126 valence electrons. The van der Waals surface area contributed by atoms with E-state index in [4.69, 9.17) is 12.2 Å². The topological polar surface area (TPSA) is 27.3 Å². The third-order valence-electron chi connectivity index (χ3n) is 4.71. The molecule has 1 aliphatic heterocycles. The Labute approximate surface area is 150 Å². The molecular formula is C20H25N3S. The van der Waals surface area contributed by atoms with Crippen LogP contribution >= 0.6 is 12.2 Å². The SMILES string of the molecule is Cc1cccc(NC(=S)N[C@@H]2CCN(Cc3ccccc3)C2)c1C. The fourth-order valence-electron chi connectivity index (χ4n) is 3.17.